The number of carbonyl (C=O) groups is 2. The lowest BCUT2D eigenvalue weighted by molar-refractivity contribution is -0.129. The zero-order valence-corrected chi connectivity index (χ0v) is 17.4. The molecule has 0 unspecified atom stereocenters. The third-order valence-electron chi connectivity index (χ3n) is 5.46. The lowest BCUT2D eigenvalue weighted by Crippen LogP contribution is -2.55. The summed E-state index contributed by atoms with van der Waals surface area (Å²) in [5.41, 5.74) is -0.322. The van der Waals surface area contributed by atoms with Gasteiger partial charge in [-0.05, 0) is 18.6 Å². The summed E-state index contributed by atoms with van der Waals surface area (Å²) in [6.07, 6.45) is 1.74. The van der Waals surface area contributed by atoms with E-state index in [0.29, 0.717) is 17.8 Å². The molecule has 1 aliphatic heterocycles. The standard InChI is InChI=1S/C22H20ClNO6/c1-11-7-13(24-12-5-4-6-14(25)8-12)9-17(26)22(11)21(27)18-15(28-2)10-16(29-3)19(23)20(18)30-22/h4-6,8-11,24-25H,7H2,1-3H3/t11-,22+/m1/s1. The fourth-order valence-electron chi connectivity index (χ4n) is 3.99. The molecule has 0 amide bonds. The average molecular weight is 430 g/mol. The van der Waals surface area contributed by atoms with Crippen molar-refractivity contribution in [2.24, 2.45) is 5.92 Å². The van der Waals surface area contributed by atoms with E-state index in [-0.39, 0.29) is 33.6 Å². The molecule has 2 aromatic rings. The van der Waals surface area contributed by atoms with Crippen LogP contribution in [0.15, 0.2) is 42.1 Å². The molecule has 1 spiro atoms. The molecule has 0 saturated carbocycles. The van der Waals surface area contributed by atoms with Crippen LogP contribution in [0.4, 0.5) is 5.69 Å². The number of allylic oxidation sites excluding steroid dienone is 1. The first-order chi connectivity index (χ1) is 14.3. The number of halogens is 1. The van der Waals surface area contributed by atoms with Crippen molar-refractivity contribution < 1.29 is 28.9 Å². The molecule has 2 atom stereocenters. The molecule has 8 heteroatoms. The SMILES string of the molecule is COc1cc(OC)c2c(c1Cl)O[C@@]1(C(=O)C=C(Nc3cccc(O)c3)C[C@H]1C)C2=O. The Morgan fingerprint density at radius 1 is 1.20 bits per heavy atom. The molecule has 1 aliphatic carbocycles. The highest BCUT2D eigenvalue weighted by Crippen LogP contribution is 2.53. The van der Waals surface area contributed by atoms with Crippen LogP contribution >= 0.6 is 11.6 Å². The maximum absolute atomic E-state index is 13.4. The first-order valence-electron chi connectivity index (χ1n) is 9.31. The number of fused-ring (bicyclic) bond motifs is 1. The van der Waals surface area contributed by atoms with Gasteiger partial charge in [-0.3, -0.25) is 9.59 Å². The Hall–Kier alpha value is -3.19. The zero-order valence-electron chi connectivity index (χ0n) is 16.6. The Morgan fingerprint density at radius 2 is 1.93 bits per heavy atom. The molecule has 0 saturated heterocycles. The van der Waals surface area contributed by atoms with Gasteiger partial charge in [-0.25, -0.2) is 0 Å². The largest absolute Gasteiger partial charge is 0.508 e. The van der Waals surface area contributed by atoms with Crippen molar-refractivity contribution in [1.29, 1.82) is 0 Å². The topological polar surface area (TPSA) is 94.1 Å². The van der Waals surface area contributed by atoms with E-state index in [1.54, 1.807) is 31.2 Å². The van der Waals surface area contributed by atoms with Crippen molar-refractivity contribution in [2.75, 3.05) is 19.5 Å². The number of hydrogen-bond acceptors (Lipinski definition) is 7. The second kappa shape index (κ2) is 7.25. The summed E-state index contributed by atoms with van der Waals surface area (Å²) in [5, 5.41) is 12.9. The number of hydrogen-bond donors (Lipinski definition) is 2. The zero-order chi connectivity index (χ0) is 21.6. The number of phenols is 1. The number of ketones is 2. The minimum Gasteiger partial charge on any atom is -0.508 e. The van der Waals surface area contributed by atoms with Gasteiger partial charge in [0.2, 0.25) is 17.2 Å². The predicted octanol–water partition coefficient (Wildman–Crippen LogP) is 3.98. The summed E-state index contributed by atoms with van der Waals surface area (Å²) < 4.78 is 16.6. The van der Waals surface area contributed by atoms with Crippen molar-refractivity contribution >= 4 is 28.9 Å². The van der Waals surface area contributed by atoms with Gasteiger partial charge in [-0.2, -0.15) is 0 Å². The van der Waals surface area contributed by atoms with Gasteiger partial charge in [0, 0.05) is 35.5 Å². The van der Waals surface area contributed by atoms with Crippen LogP contribution in [-0.2, 0) is 4.79 Å². The summed E-state index contributed by atoms with van der Waals surface area (Å²) >= 11 is 6.38. The molecule has 4 rings (SSSR count). The van der Waals surface area contributed by atoms with Crippen molar-refractivity contribution in [3.63, 3.8) is 0 Å². The van der Waals surface area contributed by atoms with Gasteiger partial charge in [-0.1, -0.05) is 24.6 Å². The summed E-state index contributed by atoms with van der Waals surface area (Å²) in [5.74, 6) is -0.730. The van der Waals surface area contributed by atoms with Crippen molar-refractivity contribution in [2.45, 2.75) is 18.9 Å². The number of carbonyl (C=O) groups excluding carboxylic acids is 2. The van der Waals surface area contributed by atoms with E-state index in [0.717, 1.165) is 0 Å². The third-order valence-corrected chi connectivity index (χ3v) is 5.82. The number of methoxy groups -OCH3 is 2. The molecule has 1 heterocycles. The second-order valence-corrected chi connectivity index (χ2v) is 7.66. The molecule has 2 aromatic carbocycles. The Labute approximate surface area is 178 Å². The number of nitrogens with one attached hydrogen (secondary N) is 1. The minimum absolute atomic E-state index is 0.0934. The van der Waals surface area contributed by atoms with Crippen LogP contribution in [0.2, 0.25) is 5.02 Å². The van der Waals surface area contributed by atoms with Crippen LogP contribution in [-0.4, -0.2) is 36.5 Å². The predicted molar refractivity (Wildman–Crippen MR) is 111 cm³/mol. The van der Waals surface area contributed by atoms with Crippen LogP contribution in [0, 0.1) is 5.92 Å². The summed E-state index contributed by atoms with van der Waals surface area (Å²) in [6, 6.07) is 8.06. The van der Waals surface area contributed by atoms with Crippen LogP contribution in [0.25, 0.3) is 0 Å². The summed E-state index contributed by atoms with van der Waals surface area (Å²) in [7, 11) is 2.86. The number of phenolic OH excluding ortho intramolecular Hbond substituents is 1. The van der Waals surface area contributed by atoms with E-state index < -0.39 is 23.1 Å². The average Bonchev–Trinajstić information content (AvgIpc) is 3.02. The van der Waals surface area contributed by atoms with Crippen LogP contribution in [0.5, 0.6) is 23.0 Å². The molecule has 156 valence electrons. The van der Waals surface area contributed by atoms with E-state index in [1.807, 2.05) is 0 Å². The highest BCUT2D eigenvalue weighted by atomic mass is 35.5. The number of Topliss-reactive ketones (excluding diaryl/α,β-unsaturated/α-hetero) is 1. The normalized spacial score (nSPS) is 22.4. The summed E-state index contributed by atoms with van der Waals surface area (Å²) in [6.45, 7) is 1.77. The Morgan fingerprint density at radius 3 is 2.57 bits per heavy atom. The van der Waals surface area contributed by atoms with Crippen LogP contribution < -0.4 is 19.5 Å². The quantitative estimate of drug-likeness (QED) is 0.710. The van der Waals surface area contributed by atoms with Crippen molar-refractivity contribution in [3.05, 3.63) is 52.7 Å². The van der Waals surface area contributed by atoms with Crippen LogP contribution in [0.3, 0.4) is 0 Å². The Balaban J connectivity index is 1.73. The smallest absolute Gasteiger partial charge is 0.236 e. The van der Waals surface area contributed by atoms with Gasteiger partial charge in [-0.15, -0.1) is 0 Å². The van der Waals surface area contributed by atoms with Gasteiger partial charge >= 0.3 is 0 Å². The summed E-state index contributed by atoms with van der Waals surface area (Å²) in [4.78, 5) is 26.6. The maximum atomic E-state index is 13.4. The monoisotopic (exact) mass is 429 g/mol. The molecule has 0 bridgehead atoms. The Bertz CT molecular complexity index is 1100. The lowest BCUT2D eigenvalue weighted by atomic mass is 9.74. The van der Waals surface area contributed by atoms with Gasteiger partial charge in [0.25, 0.3) is 0 Å². The lowest BCUT2D eigenvalue weighted by Gasteiger charge is -2.35. The van der Waals surface area contributed by atoms with Gasteiger partial charge in [0.05, 0.1) is 14.2 Å². The molecule has 0 aromatic heterocycles. The highest BCUT2D eigenvalue weighted by molar-refractivity contribution is 6.36. The molecule has 0 fully saturated rings. The van der Waals surface area contributed by atoms with E-state index in [4.69, 9.17) is 25.8 Å². The third kappa shape index (κ3) is 2.89. The molecular formula is C22H20ClNO6. The fraction of sp³-hybridized carbons (Fsp3) is 0.273. The first kappa shape index (κ1) is 20.1. The first-order valence-corrected chi connectivity index (χ1v) is 9.69. The molecule has 30 heavy (non-hydrogen) atoms. The van der Waals surface area contributed by atoms with Crippen LogP contribution in [0.1, 0.15) is 23.7 Å². The molecule has 2 N–H and O–H groups in total. The Kier molecular flexibility index (Phi) is 4.86. The molecule has 7 nitrogen and oxygen atoms in total. The highest BCUT2D eigenvalue weighted by Gasteiger charge is 2.60. The van der Waals surface area contributed by atoms with Gasteiger partial charge in [0.15, 0.2) is 5.75 Å². The van der Waals surface area contributed by atoms with Gasteiger partial charge < -0.3 is 24.6 Å². The van der Waals surface area contributed by atoms with Gasteiger partial charge in [0.1, 0.15) is 27.8 Å². The number of aromatic hydroxyl groups is 1. The number of rotatable bonds is 4. The van der Waals surface area contributed by atoms with E-state index in [9.17, 15) is 14.7 Å². The number of ether oxygens (including phenoxy) is 3. The maximum Gasteiger partial charge on any atom is 0.236 e. The number of benzene rings is 2. The molecule has 2 aliphatic rings. The second-order valence-electron chi connectivity index (χ2n) is 7.28. The number of anilines is 1. The van der Waals surface area contributed by atoms with Crippen molar-refractivity contribution in [1.82, 2.24) is 0 Å². The van der Waals surface area contributed by atoms with Crippen molar-refractivity contribution in [3.8, 4) is 23.0 Å². The molecular weight excluding hydrogens is 410 g/mol. The molecule has 0 radical (unpaired) electrons. The fourth-order valence-corrected chi connectivity index (χ4v) is 4.25. The minimum atomic E-state index is -1.71. The van der Waals surface area contributed by atoms with E-state index >= 15 is 0 Å². The van der Waals surface area contributed by atoms with E-state index in [2.05, 4.69) is 5.32 Å². The van der Waals surface area contributed by atoms with E-state index in [1.165, 1.54) is 26.4 Å².